The molecular weight excluding hydrogens is 282 g/mol. The molecule has 0 aromatic heterocycles. The van der Waals surface area contributed by atoms with E-state index in [-0.39, 0.29) is 0 Å². The van der Waals surface area contributed by atoms with Gasteiger partial charge in [0.05, 0.1) is 0 Å². The summed E-state index contributed by atoms with van der Waals surface area (Å²) in [6, 6.07) is 0. The Kier molecular flexibility index (Phi) is 5.09. The number of nitrogens with zero attached hydrogens (tertiary/aromatic N) is 2. The van der Waals surface area contributed by atoms with Crippen molar-refractivity contribution < 1.29 is 4.79 Å². The summed E-state index contributed by atoms with van der Waals surface area (Å²) in [5.74, 6) is 1.51. The minimum atomic E-state index is 0.302. The third-order valence-electron chi connectivity index (χ3n) is 5.06. The van der Waals surface area contributed by atoms with Crippen LogP contribution in [0.5, 0.6) is 0 Å². The predicted molar refractivity (Wildman–Crippen MR) is 88.7 cm³/mol. The number of hydrogen-bond acceptors (Lipinski definition) is 4. The van der Waals surface area contributed by atoms with Crippen LogP contribution in [0.15, 0.2) is 4.99 Å². The van der Waals surface area contributed by atoms with Crippen molar-refractivity contribution in [3.05, 3.63) is 0 Å². The van der Waals surface area contributed by atoms with Crippen molar-refractivity contribution in [1.82, 2.24) is 10.2 Å². The number of nitrogens with one attached hydrogen (secondary N) is 1. The van der Waals surface area contributed by atoms with E-state index in [9.17, 15) is 4.79 Å². The molecule has 1 amide bonds. The average Bonchev–Trinajstić information content (AvgIpc) is 2.98. The van der Waals surface area contributed by atoms with Crippen molar-refractivity contribution in [2.45, 2.75) is 51.4 Å². The lowest BCUT2D eigenvalue weighted by atomic mass is 9.89. The van der Waals surface area contributed by atoms with Gasteiger partial charge in [0, 0.05) is 38.4 Å². The van der Waals surface area contributed by atoms with Gasteiger partial charge in [-0.15, -0.1) is 0 Å². The number of thioether (sulfide) groups is 1. The summed E-state index contributed by atoms with van der Waals surface area (Å²) in [6.07, 6.45) is 9.68. The Bertz CT molecular complexity index is 398. The summed E-state index contributed by atoms with van der Waals surface area (Å²) in [6.45, 7) is 3.63. The van der Waals surface area contributed by atoms with Gasteiger partial charge in [0.15, 0.2) is 5.17 Å². The number of carbonyl (C=O) groups is 1. The van der Waals surface area contributed by atoms with Crippen molar-refractivity contribution in [2.75, 3.05) is 31.9 Å². The minimum absolute atomic E-state index is 0.302. The molecule has 2 aliphatic heterocycles. The first kappa shape index (κ1) is 15.2. The lowest BCUT2D eigenvalue weighted by molar-refractivity contribution is -0.131. The normalized spacial score (nSPS) is 25.0. The Labute approximate surface area is 132 Å². The summed E-state index contributed by atoms with van der Waals surface area (Å²) in [5.41, 5.74) is 0.499. The van der Waals surface area contributed by atoms with Gasteiger partial charge in [-0.05, 0) is 37.5 Å². The Morgan fingerprint density at radius 1 is 1.19 bits per heavy atom. The van der Waals surface area contributed by atoms with E-state index in [2.05, 4.69) is 5.32 Å². The highest BCUT2D eigenvalue weighted by Crippen LogP contribution is 2.43. The van der Waals surface area contributed by atoms with Crippen molar-refractivity contribution in [3.8, 4) is 0 Å². The van der Waals surface area contributed by atoms with Gasteiger partial charge in [-0.3, -0.25) is 9.79 Å². The lowest BCUT2D eigenvalue weighted by Crippen LogP contribution is -2.38. The summed E-state index contributed by atoms with van der Waals surface area (Å²) >= 11 is 1.86. The number of rotatable bonds is 3. The summed E-state index contributed by atoms with van der Waals surface area (Å²) in [5, 5.41) is 4.42. The van der Waals surface area contributed by atoms with Gasteiger partial charge in [0.2, 0.25) is 5.91 Å². The van der Waals surface area contributed by atoms with Crippen molar-refractivity contribution >= 4 is 22.8 Å². The number of amides is 1. The molecule has 1 aliphatic carbocycles. The lowest BCUT2D eigenvalue weighted by Gasteiger charge is -2.31. The zero-order chi connectivity index (χ0) is 14.5. The number of carbonyl (C=O) groups excluding carboxylic acids is 1. The fourth-order valence-electron chi connectivity index (χ4n) is 3.66. The Morgan fingerprint density at radius 2 is 1.95 bits per heavy atom. The maximum atomic E-state index is 12.1. The summed E-state index contributed by atoms with van der Waals surface area (Å²) in [7, 11) is 0. The molecule has 4 nitrogen and oxygen atoms in total. The molecule has 5 heteroatoms. The van der Waals surface area contributed by atoms with E-state index >= 15 is 0 Å². The molecule has 1 saturated carbocycles. The molecular formula is C16H27N3OS. The molecule has 118 valence electrons. The third kappa shape index (κ3) is 3.93. The predicted octanol–water partition coefficient (Wildman–Crippen LogP) is 2.64. The first-order valence-corrected chi connectivity index (χ1v) is 9.45. The molecule has 0 aromatic rings. The second-order valence-corrected chi connectivity index (χ2v) is 7.70. The molecule has 0 bridgehead atoms. The molecule has 21 heavy (non-hydrogen) atoms. The van der Waals surface area contributed by atoms with E-state index in [4.69, 9.17) is 4.99 Å². The maximum absolute atomic E-state index is 12.1. The third-order valence-corrected chi connectivity index (χ3v) is 6.36. The van der Waals surface area contributed by atoms with E-state index in [1.165, 1.54) is 50.7 Å². The van der Waals surface area contributed by atoms with Crippen LogP contribution < -0.4 is 5.32 Å². The maximum Gasteiger partial charge on any atom is 0.224 e. The van der Waals surface area contributed by atoms with Gasteiger partial charge in [0.1, 0.15) is 0 Å². The topological polar surface area (TPSA) is 44.7 Å². The standard InChI is InChI=1S/C16H27N3OS/c20-14(19-10-4-1-5-11-19)6-9-17-15-18-12-16(13-21-15)7-2-3-8-16/h1-13H2,(H,17,18). The average molecular weight is 309 g/mol. The fraction of sp³-hybridized carbons (Fsp3) is 0.875. The van der Waals surface area contributed by atoms with Gasteiger partial charge in [-0.1, -0.05) is 24.6 Å². The summed E-state index contributed by atoms with van der Waals surface area (Å²) < 4.78 is 0. The van der Waals surface area contributed by atoms with Crippen LogP contribution in [0.3, 0.4) is 0 Å². The van der Waals surface area contributed by atoms with Crippen LogP contribution in [0.1, 0.15) is 51.4 Å². The zero-order valence-electron chi connectivity index (χ0n) is 12.9. The number of likely N-dealkylation sites (tertiary alicyclic amines) is 1. The van der Waals surface area contributed by atoms with Crippen LogP contribution in [0.25, 0.3) is 0 Å². The Morgan fingerprint density at radius 3 is 2.62 bits per heavy atom. The zero-order valence-corrected chi connectivity index (χ0v) is 13.7. The molecule has 2 heterocycles. The largest absolute Gasteiger partial charge is 0.364 e. The monoisotopic (exact) mass is 309 g/mol. The quantitative estimate of drug-likeness (QED) is 0.871. The molecule has 0 unspecified atom stereocenters. The second kappa shape index (κ2) is 7.03. The first-order chi connectivity index (χ1) is 10.3. The van der Waals surface area contributed by atoms with Crippen LogP contribution in [0, 0.1) is 5.41 Å². The minimum Gasteiger partial charge on any atom is -0.364 e. The molecule has 1 spiro atoms. The smallest absolute Gasteiger partial charge is 0.224 e. The molecule has 3 aliphatic rings. The van der Waals surface area contributed by atoms with Crippen LogP contribution >= 0.6 is 11.8 Å². The summed E-state index contributed by atoms with van der Waals surface area (Å²) in [4.78, 5) is 18.8. The molecule has 3 rings (SSSR count). The number of piperidine rings is 1. The van der Waals surface area contributed by atoms with Gasteiger partial charge in [0.25, 0.3) is 0 Å². The molecule has 1 saturated heterocycles. The molecule has 1 N–H and O–H groups in total. The van der Waals surface area contributed by atoms with E-state index < -0.39 is 0 Å². The van der Waals surface area contributed by atoms with E-state index in [0.717, 1.165) is 31.3 Å². The van der Waals surface area contributed by atoms with Gasteiger partial charge < -0.3 is 10.2 Å². The molecule has 0 atom stereocenters. The van der Waals surface area contributed by atoms with Crippen molar-refractivity contribution in [3.63, 3.8) is 0 Å². The van der Waals surface area contributed by atoms with Crippen molar-refractivity contribution in [2.24, 2.45) is 10.4 Å². The van der Waals surface area contributed by atoms with Crippen molar-refractivity contribution in [1.29, 1.82) is 0 Å². The van der Waals surface area contributed by atoms with Gasteiger partial charge in [-0.25, -0.2) is 0 Å². The molecule has 2 fully saturated rings. The van der Waals surface area contributed by atoms with E-state index in [0.29, 0.717) is 17.7 Å². The Balaban J connectivity index is 1.37. The highest BCUT2D eigenvalue weighted by molar-refractivity contribution is 8.13. The Hall–Kier alpha value is -0.710. The number of aliphatic imine (C=N–C) groups is 1. The second-order valence-electron chi connectivity index (χ2n) is 6.74. The van der Waals surface area contributed by atoms with Gasteiger partial charge >= 0.3 is 0 Å². The number of amidine groups is 1. The number of hydrogen-bond donors (Lipinski definition) is 1. The highest BCUT2D eigenvalue weighted by atomic mass is 32.2. The van der Waals surface area contributed by atoms with Crippen LogP contribution in [-0.4, -0.2) is 47.9 Å². The first-order valence-electron chi connectivity index (χ1n) is 8.46. The SMILES string of the molecule is O=C(CCNC1=NCC2(CCCC2)CS1)N1CCCCC1. The fourth-order valence-corrected chi connectivity index (χ4v) is 4.85. The van der Waals surface area contributed by atoms with Crippen LogP contribution in [-0.2, 0) is 4.79 Å². The van der Waals surface area contributed by atoms with Gasteiger partial charge in [-0.2, -0.15) is 0 Å². The molecule has 0 aromatic carbocycles. The van der Waals surface area contributed by atoms with Crippen LogP contribution in [0.2, 0.25) is 0 Å². The van der Waals surface area contributed by atoms with E-state index in [1.54, 1.807) is 0 Å². The molecule has 0 radical (unpaired) electrons. The van der Waals surface area contributed by atoms with Crippen LogP contribution in [0.4, 0.5) is 0 Å². The van der Waals surface area contributed by atoms with E-state index in [1.807, 2.05) is 16.7 Å². The highest BCUT2D eigenvalue weighted by Gasteiger charge is 2.36.